The molecule has 1 fully saturated rings. The van der Waals surface area contributed by atoms with E-state index in [0.717, 1.165) is 61.6 Å². The third-order valence-electron chi connectivity index (χ3n) is 5.75. The molecular weight excluding hydrogens is 511 g/mol. The Morgan fingerprint density at radius 3 is 2.61 bits per heavy atom. The number of hydrogen-bond donors (Lipinski definition) is 1. The van der Waals surface area contributed by atoms with E-state index in [1.54, 1.807) is 18.2 Å². The number of carbonyl (C=O) groups excluding carboxylic acids is 2. The van der Waals surface area contributed by atoms with E-state index in [-0.39, 0.29) is 23.2 Å². The standard InChI is InChI=1S/C26H29ClF3N3O2S/c1-3-4-5-6-7-13-33-23(34)16-22(24(35)31-20-12-11-17(2)21(27)15-20)36-25(33)32-19-10-8-9-18(14-19)26(28,29)30/h8-12,14-15,22H,3-7,13,16H2,1-2H3,(H,31,35). The Bertz CT molecular complexity index is 1120. The predicted octanol–water partition coefficient (Wildman–Crippen LogP) is 7.60. The van der Waals surface area contributed by atoms with Crippen LogP contribution in [0.4, 0.5) is 24.5 Å². The van der Waals surface area contributed by atoms with E-state index >= 15 is 0 Å². The highest BCUT2D eigenvalue weighted by Gasteiger charge is 2.36. The lowest BCUT2D eigenvalue weighted by Gasteiger charge is -2.32. The van der Waals surface area contributed by atoms with Gasteiger partial charge in [-0.05, 0) is 49.2 Å². The number of hydrogen-bond acceptors (Lipinski definition) is 4. The molecule has 2 aromatic carbocycles. The SMILES string of the molecule is CCCCCCCN1C(=O)CC(C(=O)Nc2ccc(C)c(Cl)c2)SC1=Nc1cccc(C(F)(F)F)c1. The van der Waals surface area contributed by atoms with Gasteiger partial charge in [-0.25, -0.2) is 4.99 Å². The van der Waals surface area contributed by atoms with E-state index in [0.29, 0.717) is 17.3 Å². The second-order valence-corrected chi connectivity index (χ2v) is 10.2. The minimum absolute atomic E-state index is 0.0351. The maximum Gasteiger partial charge on any atom is 0.416 e. The van der Waals surface area contributed by atoms with Gasteiger partial charge < -0.3 is 5.32 Å². The number of alkyl halides is 3. The number of thioether (sulfide) groups is 1. The minimum atomic E-state index is -4.51. The van der Waals surface area contributed by atoms with Gasteiger partial charge in [0.2, 0.25) is 11.8 Å². The van der Waals surface area contributed by atoms with Gasteiger partial charge >= 0.3 is 6.18 Å². The fourth-order valence-corrected chi connectivity index (χ4v) is 5.00. The molecule has 0 saturated carbocycles. The second kappa shape index (κ2) is 12.6. The van der Waals surface area contributed by atoms with Crippen LogP contribution in [0.5, 0.6) is 0 Å². The molecule has 0 spiro atoms. The third-order valence-corrected chi connectivity index (χ3v) is 7.35. The van der Waals surface area contributed by atoms with E-state index in [9.17, 15) is 22.8 Å². The highest BCUT2D eigenvalue weighted by atomic mass is 35.5. The molecule has 0 aliphatic carbocycles. The zero-order valence-electron chi connectivity index (χ0n) is 20.2. The lowest BCUT2D eigenvalue weighted by atomic mass is 10.1. The first-order valence-corrected chi connectivity index (χ1v) is 13.1. The first-order chi connectivity index (χ1) is 17.1. The number of amides is 2. The van der Waals surface area contributed by atoms with Gasteiger partial charge in [-0.1, -0.05) is 68.1 Å². The molecule has 0 aromatic heterocycles. The largest absolute Gasteiger partial charge is 0.416 e. The van der Waals surface area contributed by atoms with Crippen LogP contribution in [0.1, 0.15) is 56.6 Å². The number of aliphatic imine (C=N–C) groups is 1. The zero-order chi connectivity index (χ0) is 26.3. The van der Waals surface area contributed by atoms with E-state index < -0.39 is 22.9 Å². The Morgan fingerprint density at radius 2 is 1.92 bits per heavy atom. The highest BCUT2D eigenvalue weighted by molar-refractivity contribution is 8.15. The van der Waals surface area contributed by atoms with Gasteiger partial charge in [-0.3, -0.25) is 14.5 Å². The predicted molar refractivity (Wildman–Crippen MR) is 140 cm³/mol. The van der Waals surface area contributed by atoms with Crippen LogP contribution >= 0.6 is 23.4 Å². The highest BCUT2D eigenvalue weighted by Crippen LogP contribution is 2.34. The van der Waals surface area contributed by atoms with Crippen molar-refractivity contribution in [2.24, 2.45) is 4.99 Å². The van der Waals surface area contributed by atoms with E-state index in [1.165, 1.54) is 17.0 Å². The number of anilines is 1. The molecule has 194 valence electrons. The molecule has 1 saturated heterocycles. The van der Waals surface area contributed by atoms with Crippen molar-refractivity contribution in [1.82, 2.24) is 4.90 Å². The number of unbranched alkanes of at least 4 members (excludes halogenated alkanes) is 4. The molecule has 2 aromatic rings. The molecule has 36 heavy (non-hydrogen) atoms. The van der Waals surface area contributed by atoms with Gasteiger partial charge in [-0.15, -0.1) is 0 Å². The molecule has 1 heterocycles. The Balaban J connectivity index is 1.83. The van der Waals surface area contributed by atoms with Crippen molar-refractivity contribution in [3.05, 3.63) is 58.6 Å². The van der Waals surface area contributed by atoms with Crippen molar-refractivity contribution in [2.75, 3.05) is 11.9 Å². The quantitative estimate of drug-likeness (QED) is 0.334. The number of nitrogens with one attached hydrogen (secondary N) is 1. The van der Waals surface area contributed by atoms with Crippen molar-refractivity contribution in [3.63, 3.8) is 0 Å². The second-order valence-electron chi connectivity index (χ2n) is 8.67. The summed E-state index contributed by atoms with van der Waals surface area (Å²) in [5.74, 6) is -0.676. The van der Waals surface area contributed by atoms with Crippen LogP contribution in [0.2, 0.25) is 5.02 Å². The van der Waals surface area contributed by atoms with Crippen molar-refractivity contribution in [2.45, 2.75) is 63.8 Å². The lowest BCUT2D eigenvalue weighted by molar-refractivity contribution is -0.137. The van der Waals surface area contributed by atoms with E-state index in [4.69, 9.17) is 11.6 Å². The summed E-state index contributed by atoms with van der Waals surface area (Å²) in [6.45, 7) is 4.35. The number of aryl methyl sites for hydroxylation is 1. The van der Waals surface area contributed by atoms with Gasteiger partial charge in [0, 0.05) is 23.7 Å². The Hall–Kier alpha value is -2.52. The van der Waals surface area contributed by atoms with Gasteiger partial charge in [0.05, 0.1) is 11.3 Å². The first-order valence-electron chi connectivity index (χ1n) is 11.9. The monoisotopic (exact) mass is 539 g/mol. The van der Waals surface area contributed by atoms with Crippen molar-refractivity contribution in [1.29, 1.82) is 0 Å². The Labute approximate surface area is 218 Å². The van der Waals surface area contributed by atoms with Crippen molar-refractivity contribution in [3.8, 4) is 0 Å². The minimum Gasteiger partial charge on any atom is -0.325 e. The number of halogens is 4. The number of nitrogens with zero attached hydrogens (tertiary/aromatic N) is 2. The van der Waals surface area contributed by atoms with Gasteiger partial charge in [0.15, 0.2) is 5.17 Å². The molecular formula is C26H29ClF3N3O2S. The van der Waals surface area contributed by atoms with Crippen LogP contribution in [-0.2, 0) is 15.8 Å². The summed E-state index contributed by atoms with van der Waals surface area (Å²) >= 11 is 7.23. The Kier molecular flexibility index (Phi) is 9.84. The number of amidine groups is 1. The smallest absolute Gasteiger partial charge is 0.325 e. The number of benzene rings is 2. The summed E-state index contributed by atoms with van der Waals surface area (Å²) < 4.78 is 39.6. The number of rotatable bonds is 9. The average Bonchev–Trinajstić information content (AvgIpc) is 2.82. The van der Waals surface area contributed by atoms with Crippen LogP contribution < -0.4 is 5.32 Å². The average molecular weight is 540 g/mol. The maximum absolute atomic E-state index is 13.2. The fourth-order valence-electron chi connectivity index (χ4n) is 3.69. The van der Waals surface area contributed by atoms with Crippen LogP contribution in [-0.4, -0.2) is 33.7 Å². The fraction of sp³-hybridized carbons (Fsp3) is 0.423. The third kappa shape index (κ3) is 7.74. The van der Waals surface area contributed by atoms with Gasteiger partial charge in [0.25, 0.3) is 0 Å². The lowest BCUT2D eigenvalue weighted by Crippen LogP contribution is -2.45. The summed E-state index contributed by atoms with van der Waals surface area (Å²) in [6.07, 6.45) is 0.345. The molecule has 2 amide bonds. The van der Waals surface area contributed by atoms with Crippen molar-refractivity contribution < 1.29 is 22.8 Å². The molecule has 0 bridgehead atoms. The van der Waals surface area contributed by atoms with Crippen molar-refractivity contribution >= 4 is 51.7 Å². The van der Waals surface area contributed by atoms with E-state index in [1.807, 2.05) is 6.92 Å². The molecule has 1 N–H and O–H groups in total. The molecule has 3 rings (SSSR count). The molecule has 1 atom stereocenters. The van der Waals surface area contributed by atoms with Gasteiger partial charge in [0.1, 0.15) is 5.25 Å². The molecule has 1 aliphatic rings. The Morgan fingerprint density at radius 1 is 1.17 bits per heavy atom. The topological polar surface area (TPSA) is 61.8 Å². The molecule has 1 unspecified atom stereocenters. The normalized spacial score (nSPS) is 17.5. The molecule has 5 nitrogen and oxygen atoms in total. The zero-order valence-corrected chi connectivity index (χ0v) is 21.8. The summed E-state index contributed by atoms with van der Waals surface area (Å²) in [6, 6.07) is 9.76. The van der Waals surface area contributed by atoms with Crippen LogP contribution in [0.3, 0.4) is 0 Å². The summed E-state index contributed by atoms with van der Waals surface area (Å²) in [7, 11) is 0. The molecule has 1 aliphatic heterocycles. The molecule has 0 radical (unpaired) electrons. The molecule has 10 heteroatoms. The summed E-state index contributed by atoms with van der Waals surface area (Å²) in [5, 5.41) is 2.72. The van der Waals surface area contributed by atoms with Crippen LogP contribution in [0.25, 0.3) is 0 Å². The van der Waals surface area contributed by atoms with Crippen LogP contribution in [0, 0.1) is 6.92 Å². The van der Waals surface area contributed by atoms with Crippen LogP contribution in [0.15, 0.2) is 47.5 Å². The first kappa shape index (κ1) is 28.1. The maximum atomic E-state index is 13.2. The summed E-state index contributed by atoms with van der Waals surface area (Å²) in [5.41, 5.74) is 0.607. The number of carbonyl (C=O) groups is 2. The van der Waals surface area contributed by atoms with E-state index in [2.05, 4.69) is 17.2 Å². The summed E-state index contributed by atoms with van der Waals surface area (Å²) in [4.78, 5) is 31.9. The van der Waals surface area contributed by atoms with Gasteiger partial charge in [-0.2, -0.15) is 13.2 Å².